The maximum absolute atomic E-state index is 13.5. The molecule has 0 radical (unpaired) electrons. The van der Waals surface area contributed by atoms with Crippen LogP contribution < -0.4 is 0 Å². The molecule has 1 atom stereocenters. The molecule has 164 valence electrons. The zero-order chi connectivity index (χ0) is 22.1. The fourth-order valence-electron chi connectivity index (χ4n) is 4.20. The van der Waals surface area contributed by atoms with Gasteiger partial charge >= 0.3 is 0 Å². The number of rotatable bonds is 7. The van der Waals surface area contributed by atoms with E-state index in [0.717, 1.165) is 17.1 Å². The van der Waals surface area contributed by atoms with Gasteiger partial charge < -0.3 is 14.2 Å². The van der Waals surface area contributed by atoms with Crippen LogP contribution in [0.5, 0.6) is 0 Å². The molecule has 1 fully saturated rings. The van der Waals surface area contributed by atoms with E-state index in [0.29, 0.717) is 31.1 Å². The molecule has 1 aliphatic heterocycles. The lowest BCUT2D eigenvalue weighted by Gasteiger charge is -2.28. The van der Waals surface area contributed by atoms with Gasteiger partial charge in [0, 0.05) is 36.8 Å². The Kier molecular flexibility index (Phi) is 6.72. The molecule has 1 saturated heterocycles. The SMILES string of the molecule is COCCN(C(=O)c1cc(C)n(-c2ccc(C(C)C)cc2)c1C)C1CCS(=O)(=O)C1. The summed E-state index contributed by atoms with van der Waals surface area (Å²) >= 11 is 0. The fraction of sp³-hybridized carbons (Fsp3) is 0.522. The van der Waals surface area contributed by atoms with E-state index in [2.05, 4.69) is 42.7 Å². The van der Waals surface area contributed by atoms with Gasteiger partial charge in [-0.15, -0.1) is 0 Å². The highest BCUT2D eigenvalue weighted by Gasteiger charge is 2.35. The summed E-state index contributed by atoms with van der Waals surface area (Å²) in [6.07, 6.45) is 0.479. The molecule has 1 aromatic heterocycles. The summed E-state index contributed by atoms with van der Waals surface area (Å²) in [4.78, 5) is 15.2. The molecule has 1 amide bonds. The lowest BCUT2D eigenvalue weighted by Crippen LogP contribution is -2.43. The van der Waals surface area contributed by atoms with Crippen molar-refractivity contribution in [1.29, 1.82) is 0 Å². The average molecular weight is 433 g/mol. The van der Waals surface area contributed by atoms with E-state index in [1.54, 1.807) is 12.0 Å². The van der Waals surface area contributed by atoms with Gasteiger partial charge in [0.1, 0.15) is 0 Å². The van der Waals surface area contributed by atoms with Gasteiger partial charge in [0.25, 0.3) is 5.91 Å². The minimum atomic E-state index is -3.09. The Bertz CT molecular complexity index is 1010. The second-order valence-corrected chi connectivity index (χ2v) is 10.6. The van der Waals surface area contributed by atoms with Gasteiger partial charge in [-0.3, -0.25) is 4.79 Å². The van der Waals surface area contributed by atoms with E-state index >= 15 is 0 Å². The largest absolute Gasteiger partial charge is 0.383 e. The zero-order valence-corrected chi connectivity index (χ0v) is 19.3. The molecule has 0 spiro atoms. The number of ether oxygens (including phenoxy) is 1. The number of amides is 1. The average Bonchev–Trinajstić information content (AvgIpc) is 3.20. The highest BCUT2D eigenvalue weighted by molar-refractivity contribution is 7.91. The number of hydrogen-bond acceptors (Lipinski definition) is 4. The third-order valence-corrected chi connectivity index (χ3v) is 7.68. The smallest absolute Gasteiger partial charge is 0.256 e. The normalized spacial score (nSPS) is 18.1. The maximum atomic E-state index is 13.5. The number of aryl methyl sites for hydroxylation is 1. The Morgan fingerprint density at radius 1 is 1.23 bits per heavy atom. The van der Waals surface area contributed by atoms with Crippen molar-refractivity contribution in [1.82, 2.24) is 9.47 Å². The molecule has 7 heteroatoms. The van der Waals surface area contributed by atoms with Crippen molar-refractivity contribution in [2.75, 3.05) is 31.8 Å². The summed E-state index contributed by atoms with van der Waals surface area (Å²) in [5.41, 5.74) is 4.73. The summed E-state index contributed by atoms with van der Waals surface area (Å²) in [6.45, 7) is 9.00. The Labute approximate surface area is 179 Å². The van der Waals surface area contributed by atoms with Crippen molar-refractivity contribution in [3.63, 3.8) is 0 Å². The lowest BCUT2D eigenvalue weighted by atomic mass is 10.0. The fourth-order valence-corrected chi connectivity index (χ4v) is 5.93. The van der Waals surface area contributed by atoms with Crippen LogP contribution in [0.3, 0.4) is 0 Å². The van der Waals surface area contributed by atoms with Gasteiger partial charge in [0.15, 0.2) is 9.84 Å². The number of hydrogen-bond donors (Lipinski definition) is 0. The second kappa shape index (κ2) is 8.94. The van der Waals surface area contributed by atoms with Crippen molar-refractivity contribution in [2.45, 2.75) is 46.1 Å². The molecule has 2 aromatic rings. The van der Waals surface area contributed by atoms with Crippen LogP contribution in [0.15, 0.2) is 30.3 Å². The predicted molar refractivity (Wildman–Crippen MR) is 119 cm³/mol. The lowest BCUT2D eigenvalue weighted by molar-refractivity contribution is 0.0623. The summed E-state index contributed by atoms with van der Waals surface area (Å²) < 4.78 is 31.2. The molecule has 0 N–H and O–H groups in total. The highest BCUT2D eigenvalue weighted by atomic mass is 32.2. The van der Waals surface area contributed by atoms with E-state index in [4.69, 9.17) is 4.74 Å². The van der Waals surface area contributed by atoms with Gasteiger partial charge in [-0.2, -0.15) is 0 Å². The van der Waals surface area contributed by atoms with Crippen molar-refractivity contribution < 1.29 is 17.9 Å². The monoisotopic (exact) mass is 432 g/mol. The van der Waals surface area contributed by atoms with Crippen LogP contribution in [-0.2, 0) is 14.6 Å². The number of sulfone groups is 1. The van der Waals surface area contributed by atoms with Crippen molar-refractivity contribution >= 4 is 15.7 Å². The molecule has 1 unspecified atom stereocenters. The first-order chi connectivity index (χ1) is 14.1. The van der Waals surface area contributed by atoms with E-state index < -0.39 is 9.84 Å². The van der Waals surface area contributed by atoms with Gasteiger partial charge in [-0.05, 0) is 49.9 Å². The highest BCUT2D eigenvalue weighted by Crippen LogP contribution is 2.26. The molecule has 6 nitrogen and oxygen atoms in total. The first-order valence-corrected chi connectivity index (χ1v) is 12.3. The van der Waals surface area contributed by atoms with Crippen LogP contribution >= 0.6 is 0 Å². The van der Waals surface area contributed by atoms with Crippen LogP contribution in [0.4, 0.5) is 0 Å². The minimum absolute atomic E-state index is 0.0257. The van der Waals surface area contributed by atoms with Gasteiger partial charge in [0.2, 0.25) is 0 Å². The molecule has 0 saturated carbocycles. The standard InChI is InChI=1S/C23H32N2O4S/c1-16(2)19-6-8-20(9-7-19)25-17(3)14-22(18(25)4)23(26)24(11-12-29-5)21-10-13-30(27,28)15-21/h6-9,14,16,21H,10-13,15H2,1-5H3. The Balaban J connectivity index is 1.94. The second-order valence-electron chi connectivity index (χ2n) is 8.41. The molecular formula is C23H32N2O4S. The molecule has 3 rings (SSSR count). The van der Waals surface area contributed by atoms with Crippen molar-refractivity contribution in [2.24, 2.45) is 0 Å². The molecule has 1 aromatic carbocycles. The third-order valence-electron chi connectivity index (χ3n) is 5.93. The quantitative estimate of drug-likeness (QED) is 0.672. The van der Waals surface area contributed by atoms with Crippen molar-refractivity contribution in [3.05, 3.63) is 52.8 Å². The summed E-state index contributed by atoms with van der Waals surface area (Å²) in [6, 6.07) is 10.00. The first kappa shape index (κ1) is 22.6. The molecular weight excluding hydrogens is 400 g/mol. The third kappa shape index (κ3) is 4.62. The van der Waals surface area contributed by atoms with Crippen molar-refractivity contribution in [3.8, 4) is 5.69 Å². The van der Waals surface area contributed by atoms with Gasteiger partial charge in [0.05, 0.1) is 23.7 Å². The van der Waals surface area contributed by atoms with E-state index in [1.807, 2.05) is 19.9 Å². The maximum Gasteiger partial charge on any atom is 0.256 e. The van der Waals surface area contributed by atoms with Crippen LogP contribution in [0.2, 0.25) is 0 Å². The molecule has 2 heterocycles. The van der Waals surface area contributed by atoms with E-state index in [9.17, 15) is 13.2 Å². The Morgan fingerprint density at radius 2 is 1.90 bits per heavy atom. The van der Waals surface area contributed by atoms with Crippen LogP contribution in [-0.4, -0.2) is 61.6 Å². The van der Waals surface area contributed by atoms with E-state index in [-0.39, 0.29) is 23.5 Å². The summed E-state index contributed by atoms with van der Waals surface area (Å²) in [5, 5.41) is 0. The number of carbonyl (C=O) groups is 1. The van der Waals surface area contributed by atoms with Crippen LogP contribution in [0, 0.1) is 13.8 Å². The van der Waals surface area contributed by atoms with Gasteiger partial charge in [-0.25, -0.2) is 8.42 Å². The zero-order valence-electron chi connectivity index (χ0n) is 18.5. The Hall–Kier alpha value is -2.12. The predicted octanol–water partition coefficient (Wildman–Crippen LogP) is 3.49. The number of nitrogens with zero attached hydrogens (tertiary/aromatic N) is 2. The van der Waals surface area contributed by atoms with Crippen LogP contribution in [0.25, 0.3) is 5.69 Å². The first-order valence-electron chi connectivity index (χ1n) is 10.4. The number of methoxy groups -OCH3 is 1. The Morgan fingerprint density at radius 3 is 2.43 bits per heavy atom. The number of aromatic nitrogens is 1. The number of carbonyl (C=O) groups excluding carboxylic acids is 1. The minimum Gasteiger partial charge on any atom is -0.383 e. The summed E-state index contributed by atoms with van der Waals surface area (Å²) in [7, 11) is -1.50. The molecule has 0 aliphatic carbocycles. The summed E-state index contributed by atoms with van der Waals surface area (Å²) in [5.74, 6) is 0.487. The van der Waals surface area contributed by atoms with E-state index in [1.165, 1.54) is 5.56 Å². The molecule has 1 aliphatic rings. The molecule has 30 heavy (non-hydrogen) atoms. The number of benzene rings is 1. The topological polar surface area (TPSA) is 68.6 Å². The van der Waals surface area contributed by atoms with Gasteiger partial charge in [-0.1, -0.05) is 26.0 Å². The van der Waals surface area contributed by atoms with Crippen LogP contribution in [0.1, 0.15) is 53.5 Å². The molecule has 0 bridgehead atoms.